The highest BCUT2D eigenvalue weighted by atomic mass is 32.1. The van der Waals surface area contributed by atoms with Gasteiger partial charge in [0.2, 0.25) is 5.91 Å². The summed E-state index contributed by atoms with van der Waals surface area (Å²) in [5.74, 6) is 0.0182. The smallest absolute Gasteiger partial charge is 0.269 e. The molecule has 3 aliphatic rings. The van der Waals surface area contributed by atoms with Crippen molar-refractivity contribution in [3.05, 3.63) is 51.2 Å². The molecule has 7 heteroatoms. The van der Waals surface area contributed by atoms with Gasteiger partial charge in [0.05, 0.1) is 18.1 Å². The molecule has 1 aromatic heterocycles. The van der Waals surface area contributed by atoms with E-state index in [2.05, 4.69) is 18.0 Å². The number of para-hydroxylation sites is 1. The number of rotatable bonds is 2. The number of aryl methyl sites for hydroxylation is 1. The highest BCUT2D eigenvalue weighted by Gasteiger charge is 2.39. The normalized spacial score (nSPS) is 21.8. The van der Waals surface area contributed by atoms with E-state index in [0.29, 0.717) is 24.5 Å². The van der Waals surface area contributed by atoms with Crippen LogP contribution in [0.4, 0.5) is 5.69 Å². The minimum atomic E-state index is -0.439. The molecule has 6 nitrogen and oxygen atoms in total. The molecule has 0 bridgehead atoms. The number of hydrogen-bond donors (Lipinski definition) is 0. The summed E-state index contributed by atoms with van der Waals surface area (Å²) in [7, 11) is 2.08. The molecule has 3 aliphatic heterocycles. The number of thiophene rings is 1. The van der Waals surface area contributed by atoms with Crippen LogP contribution in [-0.2, 0) is 29.0 Å². The molecule has 2 amide bonds. The van der Waals surface area contributed by atoms with Gasteiger partial charge in [0.1, 0.15) is 6.04 Å². The summed E-state index contributed by atoms with van der Waals surface area (Å²) in [6.45, 7) is 4.47. The van der Waals surface area contributed by atoms with Crippen molar-refractivity contribution in [1.29, 1.82) is 0 Å². The van der Waals surface area contributed by atoms with E-state index >= 15 is 0 Å². The minimum absolute atomic E-state index is 0.0611. The summed E-state index contributed by atoms with van der Waals surface area (Å²) in [5, 5.41) is 0. The van der Waals surface area contributed by atoms with Crippen molar-refractivity contribution in [3.63, 3.8) is 0 Å². The van der Waals surface area contributed by atoms with Gasteiger partial charge in [-0.25, -0.2) is 0 Å². The molecule has 0 N–H and O–H groups in total. The van der Waals surface area contributed by atoms with Gasteiger partial charge in [-0.05, 0) is 43.1 Å². The lowest BCUT2D eigenvalue weighted by Gasteiger charge is -2.40. The molecule has 158 valence electrons. The van der Waals surface area contributed by atoms with E-state index in [1.807, 2.05) is 29.2 Å². The zero-order chi connectivity index (χ0) is 20.7. The Labute approximate surface area is 181 Å². The summed E-state index contributed by atoms with van der Waals surface area (Å²) in [5.41, 5.74) is 3.13. The number of likely N-dealkylation sites (N-methyl/N-ethyl adjacent to an activating group) is 1. The van der Waals surface area contributed by atoms with E-state index in [9.17, 15) is 9.59 Å². The van der Waals surface area contributed by atoms with Crippen LogP contribution in [0.3, 0.4) is 0 Å². The standard InChI is InChI=1S/C23H27N3O3S/c1-24-9-11-25(12-10-24)22(27)19-7-6-16-4-2-3-5-18(16)26(19)23(28)21-14-17-15-29-13-8-20(17)30-21/h2-5,14,19H,6-13,15H2,1H3. The molecule has 1 unspecified atom stereocenters. The van der Waals surface area contributed by atoms with Crippen LogP contribution in [0.2, 0.25) is 0 Å². The molecule has 0 aliphatic carbocycles. The van der Waals surface area contributed by atoms with Crippen molar-refractivity contribution in [2.75, 3.05) is 44.7 Å². The highest BCUT2D eigenvalue weighted by molar-refractivity contribution is 7.14. The number of carbonyl (C=O) groups excluding carboxylic acids is 2. The molecule has 0 spiro atoms. The van der Waals surface area contributed by atoms with Crippen LogP contribution in [-0.4, -0.2) is 67.5 Å². The average Bonchev–Trinajstić information content (AvgIpc) is 3.22. The molecule has 2 aromatic rings. The Morgan fingerprint density at radius 3 is 2.67 bits per heavy atom. The second kappa shape index (κ2) is 8.13. The van der Waals surface area contributed by atoms with Crippen molar-refractivity contribution < 1.29 is 14.3 Å². The minimum Gasteiger partial charge on any atom is -0.376 e. The van der Waals surface area contributed by atoms with E-state index in [-0.39, 0.29) is 11.8 Å². The van der Waals surface area contributed by atoms with E-state index in [1.54, 1.807) is 16.2 Å². The van der Waals surface area contributed by atoms with Gasteiger partial charge in [0, 0.05) is 43.2 Å². The number of anilines is 1. The van der Waals surface area contributed by atoms with E-state index in [0.717, 1.165) is 55.8 Å². The SMILES string of the molecule is CN1CCN(C(=O)C2CCc3ccccc3N2C(=O)c2cc3c(s2)CCOC3)CC1. The van der Waals surface area contributed by atoms with Crippen molar-refractivity contribution >= 4 is 28.8 Å². The quantitative estimate of drug-likeness (QED) is 0.742. The molecule has 1 fully saturated rings. The maximum Gasteiger partial charge on any atom is 0.269 e. The van der Waals surface area contributed by atoms with E-state index in [4.69, 9.17) is 4.74 Å². The number of benzene rings is 1. The first kappa shape index (κ1) is 19.7. The number of fused-ring (bicyclic) bond motifs is 2. The zero-order valence-electron chi connectivity index (χ0n) is 17.3. The van der Waals surface area contributed by atoms with Gasteiger partial charge >= 0.3 is 0 Å². The third kappa shape index (κ3) is 3.55. The van der Waals surface area contributed by atoms with Crippen LogP contribution < -0.4 is 4.90 Å². The second-order valence-electron chi connectivity index (χ2n) is 8.35. The van der Waals surface area contributed by atoms with Gasteiger partial charge in [-0.3, -0.25) is 14.5 Å². The molecule has 0 radical (unpaired) electrons. The largest absolute Gasteiger partial charge is 0.376 e. The fourth-order valence-corrected chi connectivity index (χ4v) is 5.73. The third-order valence-electron chi connectivity index (χ3n) is 6.41. The number of carbonyl (C=O) groups is 2. The topological polar surface area (TPSA) is 53.1 Å². The summed E-state index contributed by atoms with van der Waals surface area (Å²) < 4.78 is 5.56. The lowest BCUT2D eigenvalue weighted by atomic mass is 9.94. The second-order valence-corrected chi connectivity index (χ2v) is 9.49. The number of ether oxygens (including phenoxy) is 1. The van der Waals surface area contributed by atoms with Crippen molar-refractivity contribution in [2.24, 2.45) is 0 Å². The number of nitrogens with zero attached hydrogens (tertiary/aromatic N) is 3. The van der Waals surface area contributed by atoms with Gasteiger partial charge < -0.3 is 14.5 Å². The molecule has 4 heterocycles. The lowest BCUT2D eigenvalue weighted by Crippen LogP contribution is -2.56. The predicted molar refractivity (Wildman–Crippen MR) is 117 cm³/mol. The average molecular weight is 426 g/mol. The first-order chi connectivity index (χ1) is 14.6. The highest BCUT2D eigenvalue weighted by Crippen LogP contribution is 2.35. The maximum absolute atomic E-state index is 13.7. The fraction of sp³-hybridized carbons (Fsp3) is 0.478. The summed E-state index contributed by atoms with van der Waals surface area (Å²) >= 11 is 1.56. The molecular formula is C23H27N3O3S. The van der Waals surface area contributed by atoms with Crippen LogP contribution in [0.1, 0.15) is 32.1 Å². The number of amides is 2. The summed E-state index contributed by atoms with van der Waals surface area (Å²) in [4.78, 5) is 35.1. The Kier molecular flexibility index (Phi) is 5.35. The van der Waals surface area contributed by atoms with Crippen molar-refractivity contribution in [1.82, 2.24) is 9.80 Å². The van der Waals surface area contributed by atoms with Gasteiger partial charge in [-0.2, -0.15) is 0 Å². The van der Waals surface area contributed by atoms with E-state index in [1.165, 1.54) is 4.88 Å². The van der Waals surface area contributed by atoms with Crippen LogP contribution in [0.15, 0.2) is 30.3 Å². The van der Waals surface area contributed by atoms with Gasteiger partial charge in [0.25, 0.3) is 5.91 Å². The number of piperazine rings is 1. The predicted octanol–water partition coefficient (Wildman–Crippen LogP) is 2.56. The van der Waals surface area contributed by atoms with Crippen LogP contribution in [0.5, 0.6) is 0 Å². The van der Waals surface area contributed by atoms with Gasteiger partial charge in [0.15, 0.2) is 0 Å². The van der Waals surface area contributed by atoms with Crippen molar-refractivity contribution in [3.8, 4) is 0 Å². The molecule has 1 aromatic carbocycles. The first-order valence-corrected chi connectivity index (χ1v) is 11.5. The van der Waals surface area contributed by atoms with E-state index < -0.39 is 6.04 Å². The number of hydrogen-bond acceptors (Lipinski definition) is 5. The maximum atomic E-state index is 13.7. The molecule has 1 saturated heterocycles. The van der Waals surface area contributed by atoms with Crippen LogP contribution in [0, 0.1) is 0 Å². The first-order valence-electron chi connectivity index (χ1n) is 10.7. The zero-order valence-corrected chi connectivity index (χ0v) is 18.1. The fourth-order valence-electron chi connectivity index (χ4n) is 4.64. The Bertz CT molecular complexity index is 941. The Morgan fingerprint density at radius 2 is 1.87 bits per heavy atom. The Balaban J connectivity index is 1.48. The van der Waals surface area contributed by atoms with Crippen LogP contribution in [0.25, 0.3) is 0 Å². The molecular weight excluding hydrogens is 398 g/mol. The molecule has 5 rings (SSSR count). The van der Waals surface area contributed by atoms with Gasteiger partial charge in [-0.1, -0.05) is 18.2 Å². The molecule has 0 saturated carbocycles. The lowest BCUT2D eigenvalue weighted by molar-refractivity contribution is -0.134. The van der Waals surface area contributed by atoms with Crippen molar-refractivity contribution in [2.45, 2.75) is 31.9 Å². The Hall–Kier alpha value is -2.22. The summed E-state index contributed by atoms with van der Waals surface area (Å²) in [6.07, 6.45) is 2.34. The van der Waals surface area contributed by atoms with Gasteiger partial charge in [-0.15, -0.1) is 11.3 Å². The molecule has 1 atom stereocenters. The Morgan fingerprint density at radius 1 is 1.07 bits per heavy atom. The third-order valence-corrected chi connectivity index (χ3v) is 7.63. The monoisotopic (exact) mass is 425 g/mol. The van der Waals surface area contributed by atoms with Crippen LogP contribution >= 0.6 is 11.3 Å². The molecule has 30 heavy (non-hydrogen) atoms. The summed E-state index contributed by atoms with van der Waals surface area (Å²) in [6, 6.07) is 9.54.